The quantitative estimate of drug-likeness (QED) is 0.434. The topological polar surface area (TPSA) is 74.5 Å². The standard InChI is InChI=1S/C24H30N6O/c1-4-25-24(29(3)17-20-11-9-19(2)10-12-20)26-16-21-7-5-8-22(15-21)28-23(31)18-30-14-6-13-27-30/h5-15H,4,16-18H2,1-3H3,(H,25,26)(H,28,31). The molecule has 0 unspecified atom stereocenters. The minimum Gasteiger partial charge on any atom is -0.357 e. The molecule has 3 aromatic rings. The lowest BCUT2D eigenvalue weighted by Crippen LogP contribution is -2.38. The maximum absolute atomic E-state index is 12.2. The van der Waals surface area contributed by atoms with E-state index in [2.05, 4.69) is 58.7 Å². The van der Waals surface area contributed by atoms with Crippen LogP contribution >= 0.6 is 0 Å². The van der Waals surface area contributed by atoms with Crippen LogP contribution in [0.2, 0.25) is 0 Å². The van der Waals surface area contributed by atoms with Gasteiger partial charge in [0.2, 0.25) is 5.91 Å². The molecule has 0 fully saturated rings. The molecule has 0 spiro atoms. The molecule has 0 aliphatic carbocycles. The number of anilines is 1. The Kier molecular flexibility index (Phi) is 7.81. The van der Waals surface area contributed by atoms with E-state index in [1.54, 1.807) is 23.1 Å². The number of hydrogen-bond donors (Lipinski definition) is 2. The molecular formula is C24H30N6O. The Bertz CT molecular complexity index is 995. The fraction of sp³-hybridized carbons (Fsp3) is 0.292. The van der Waals surface area contributed by atoms with E-state index in [9.17, 15) is 4.79 Å². The van der Waals surface area contributed by atoms with Gasteiger partial charge in [-0.2, -0.15) is 5.10 Å². The maximum atomic E-state index is 12.2. The maximum Gasteiger partial charge on any atom is 0.246 e. The number of aliphatic imine (C=N–C) groups is 1. The minimum atomic E-state index is -0.115. The monoisotopic (exact) mass is 418 g/mol. The molecule has 0 aliphatic rings. The van der Waals surface area contributed by atoms with Crippen LogP contribution in [-0.2, 0) is 24.4 Å². The van der Waals surface area contributed by atoms with Crippen LogP contribution in [0.1, 0.15) is 23.6 Å². The normalized spacial score (nSPS) is 11.3. The van der Waals surface area contributed by atoms with Gasteiger partial charge in [0.15, 0.2) is 5.96 Å². The summed E-state index contributed by atoms with van der Waals surface area (Å²) in [4.78, 5) is 19.1. The summed E-state index contributed by atoms with van der Waals surface area (Å²) in [6.45, 7) is 6.42. The summed E-state index contributed by atoms with van der Waals surface area (Å²) in [7, 11) is 2.03. The van der Waals surface area contributed by atoms with Crippen LogP contribution in [-0.4, -0.2) is 40.1 Å². The number of carbonyl (C=O) groups is 1. The van der Waals surface area contributed by atoms with Gasteiger partial charge in [-0.3, -0.25) is 9.48 Å². The molecule has 0 radical (unpaired) electrons. The smallest absolute Gasteiger partial charge is 0.246 e. The third-order valence-corrected chi connectivity index (χ3v) is 4.72. The van der Waals surface area contributed by atoms with E-state index in [1.807, 2.05) is 31.3 Å². The first-order chi connectivity index (χ1) is 15.0. The number of guanidine groups is 1. The molecule has 1 aromatic heterocycles. The number of aryl methyl sites for hydroxylation is 1. The van der Waals surface area contributed by atoms with Gasteiger partial charge in [0, 0.05) is 38.2 Å². The minimum absolute atomic E-state index is 0.115. The summed E-state index contributed by atoms with van der Waals surface area (Å²) >= 11 is 0. The van der Waals surface area contributed by atoms with E-state index in [0.717, 1.165) is 30.3 Å². The van der Waals surface area contributed by atoms with Crippen molar-refractivity contribution in [1.82, 2.24) is 20.0 Å². The highest BCUT2D eigenvalue weighted by Gasteiger charge is 2.08. The van der Waals surface area contributed by atoms with Gasteiger partial charge in [0.1, 0.15) is 6.54 Å². The highest BCUT2D eigenvalue weighted by Crippen LogP contribution is 2.12. The summed E-state index contributed by atoms with van der Waals surface area (Å²) < 4.78 is 1.59. The Morgan fingerprint density at radius 3 is 2.65 bits per heavy atom. The van der Waals surface area contributed by atoms with Crippen molar-refractivity contribution < 1.29 is 4.79 Å². The summed E-state index contributed by atoms with van der Waals surface area (Å²) in [5, 5.41) is 10.3. The molecule has 2 N–H and O–H groups in total. The van der Waals surface area contributed by atoms with Gasteiger partial charge >= 0.3 is 0 Å². The number of aromatic nitrogens is 2. The molecule has 31 heavy (non-hydrogen) atoms. The molecule has 0 saturated heterocycles. The third-order valence-electron chi connectivity index (χ3n) is 4.72. The SMILES string of the molecule is CCNC(=NCc1cccc(NC(=O)Cn2cccn2)c1)N(C)Cc1ccc(C)cc1. The Morgan fingerprint density at radius 1 is 1.13 bits per heavy atom. The lowest BCUT2D eigenvalue weighted by Gasteiger charge is -2.22. The second-order valence-corrected chi connectivity index (χ2v) is 7.46. The number of carbonyl (C=O) groups excluding carboxylic acids is 1. The number of amides is 1. The summed E-state index contributed by atoms with van der Waals surface area (Å²) in [6, 6.07) is 18.1. The summed E-state index contributed by atoms with van der Waals surface area (Å²) in [5.41, 5.74) is 4.27. The van der Waals surface area contributed by atoms with E-state index in [4.69, 9.17) is 4.99 Å². The van der Waals surface area contributed by atoms with Crippen molar-refractivity contribution >= 4 is 17.6 Å². The van der Waals surface area contributed by atoms with E-state index in [0.29, 0.717) is 6.54 Å². The lowest BCUT2D eigenvalue weighted by molar-refractivity contribution is -0.116. The molecule has 2 aromatic carbocycles. The van der Waals surface area contributed by atoms with Crippen molar-refractivity contribution in [2.45, 2.75) is 33.5 Å². The largest absolute Gasteiger partial charge is 0.357 e. The van der Waals surface area contributed by atoms with E-state index < -0.39 is 0 Å². The zero-order valence-electron chi connectivity index (χ0n) is 18.4. The average Bonchev–Trinajstić information content (AvgIpc) is 3.26. The lowest BCUT2D eigenvalue weighted by atomic mass is 10.1. The zero-order chi connectivity index (χ0) is 22.1. The van der Waals surface area contributed by atoms with Gasteiger partial charge in [-0.1, -0.05) is 42.0 Å². The predicted molar refractivity (Wildman–Crippen MR) is 125 cm³/mol. The molecule has 1 heterocycles. The molecule has 3 rings (SSSR count). The van der Waals surface area contributed by atoms with Gasteiger partial charge in [-0.25, -0.2) is 4.99 Å². The Morgan fingerprint density at radius 2 is 1.94 bits per heavy atom. The summed E-state index contributed by atoms with van der Waals surface area (Å²) in [6.07, 6.45) is 3.42. The number of hydrogen-bond acceptors (Lipinski definition) is 3. The Labute approximate surface area is 183 Å². The van der Waals surface area contributed by atoms with Gasteiger partial charge in [-0.15, -0.1) is 0 Å². The molecule has 0 saturated carbocycles. The van der Waals surface area contributed by atoms with Crippen LogP contribution in [0.3, 0.4) is 0 Å². The highest BCUT2D eigenvalue weighted by molar-refractivity contribution is 5.90. The zero-order valence-corrected chi connectivity index (χ0v) is 18.4. The van der Waals surface area contributed by atoms with Crippen molar-refractivity contribution in [2.75, 3.05) is 18.9 Å². The van der Waals surface area contributed by atoms with Crippen LogP contribution in [0.5, 0.6) is 0 Å². The van der Waals surface area contributed by atoms with E-state index in [1.165, 1.54) is 11.1 Å². The third kappa shape index (κ3) is 6.99. The second-order valence-electron chi connectivity index (χ2n) is 7.46. The fourth-order valence-corrected chi connectivity index (χ4v) is 3.17. The number of benzene rings is 2. The van der Waals surface area contributed by atoms with Gasteiger partial charge in [0.05, 0.1) is 6.54 Å². The van der Waals surface area contributed by atoms with Crippen molar-refractivity contribution in [3.05, 3.63) is 83.7 Å². The number of nitrogens with zero attached hydrogens (tertiary/aromatic N) is 4. The van der Waals surface area contributed by atoms with Crippen molar-refractivity contribution in [3.63, 3.8) is 0 Å². The first-order valence-electron chi connectivity index (χ1n) is 10.4. The van der Waals surface area contributed by atoms with Crippen LogP contribution in [0.4, 0.5) is 5.69 Å². The van der Waals surface area contributed by atoms with Crippen molar-refractivity contribution in [3.8, 4) is 0 Å². The summed E-state index contributed by atoms with van der Waals surface area (Å²) in [5.74, 6) is 0.728. The molecule has 7 heteroatoms. The first-order valence-corrected chi connectivity index (χ1v) is 10.4. The molecule has 0 bridgehead atoms. The Balaban J connectivity index is 1.62. The molecule has 7 nitrogen and oxygen atoms in total. The molecule has 1 amide bonds. The molecule has 162 valence electrons. The molecular weight excluding hydrogens is 388 g/mol. The second kappa shape index (κ2) is 11.0. The molecule has 0 atom stereocenters. The Hall–Kier alpha value is -3.61. The van der Waals surface area contributed by atoms with E-state index >= 15 is 0 Å². The van der Waals surface area contributed by atoms with Gasteiger partial charge in [0.25, 0.3) is 0 Å². The first kappa shape index (κ1) is 22.1. The van der Waals surface area contributed by atoms with Crippen LogP contribution in [0.25, 0.3) is 0 Å². The van der Waals surface area contributed by atoms with Crippen molar-refractivity contribution in [2.24, 2.45) is 4.99 Å². The fourth-order valence-electron chi connectivity index (χ4n) is 3.17. The van der Waals surface area contributed by atoms with Gasteiger partial charge < -0.3 is 15.5 Å². The number of rotatable bonds is 8. The van der Waals surface area contributed by atoms with Crippen LogP contribution in [0.15, 0.2) is 72.0 Å². The van der Waals surface area contributed by atoms with Gasteiger partial charge in [-0.05, 0) is 43.2 Å². The highest BCUT2D eigenvalue weighted by atomic mass is 16.2. The predicted octanol–water partition coefficient (Wildman–Crippen LogP) is 3.43. The average molecular weight is 419 g/mol. The molecule has 0 aliphatic heterocycles. The number of nitrogens with one attached hydrogen (secondary N) is 2. The van der Waals surface area contributed by atoms with Crippen LogP contribution < -0.4 is 10.6 Å². The van der Waals surface area contributed by atoms with Crippen LogP contribution in [0, 0.1) is 6.92 Å². The van der Waals surface area contributed by atoms with Crippen molar-refractivity contribution in [1.29, 1.82) is 0 Å². The van der Waals surface area contributed by atoms with E-state index in [-0.39, 0.29) is 12.5 Å².